The van der Waals surface area contributed by atoms with Crippen LogP contribution in [0.2, 0.25) is 0 Å². The van der Waals surface area contributed by atoms with Gasteiger partial charge in [0.2, 0.25) is 5.91 Å². The number of anilines is 1. The molecule has 0 radical (unpaired) electrons. The zero-order valence-corrected chi connectivity index (χ0v) is 10.3. The standard InChI is InChI=1S/C13H18N2O3/c1-8(16)10-4-2-3-5-11(10)15-13(18)12-6-9(17)7-14-12/h2-5,8-9,12,14,16-17H,6-7H2,1H3,(H,15,18). The fourth-order valence-corrected chi connectivity index (χ4v) is 2.11. The summed E-state index contributed by atoms with van der Waals surface area (Å²) in [5.74, 6) is -0.181. The Hall–Kier alpha value is -1.43. The molecule has 0 bridgehead atoms. The van der Waals surface area contributed by atoms with E-state index in [-0.39, 0.29) is 11.9 Å². The highest BCUT2D eigenvalue weighted by Gasteiger charge is 2.28. The lowest BCUT2D eigenvalue weighted by atomic mass is 10.1. The van der Waals surface area contributed by atoms with Gasteiger partial charge in [-0.3, -0.25) is 4.79 Å². The van der Waals surface area contributed by atoms with Crippen LogP contribution in [-0.2, 0) is 4.79 Å². The predicted molar refractivity (Wildman–Crippen MR) is 68.1 cm³/mol. The van der Waals surface area contributed by atoms with Gasteiger partial charge in [-0.1, -0.05) is 18.2 Å². The minimum absolute atomic E-state index is 0.181. The van der Waals surface area contributed by atoms with Gasteiger partial charge in [-0.25, -0.2) is 0 Å². The highest BCUT2D eigenvalue weighted by Crippen LogP contribution is 2.22. The molecule has 1 aromatic carbocycles. The summed E-state index contributed by atoms with van der Waals surface area (Å²) in [6, 6.07) is 6.78. The second-order valence-corrected chi connectivity index (χ2v) is 4.60. The van der Waals surface area contributed by atoms with Gasteiger partial charge in [0.1, 0.15) is 0 Å². The zero-order valence-electron chi connectivity index (χ0n) is 10.3. The van der Waals surface area contributed by atoms with Crippen molar-refractivity contribution >= 4 is 11.6 Å². The van der Waals surface area contributed by atoms with Crippen molar-refractivity contribution < 1.29 is 15.0 Å². The van der Waals surface area contributed by atoms with Crippen molar-refractivity contribution in [3.05, 3.63) is 29.8 Å². The molecule has 1 saturated heterocycles. The van der Waals surface area contributed by atoms with E-state index in [1.807, 2.05) is 6.07 Å². The summed E-state index contributed by atoms with van der Waals surface area (Å²) in [6.07, 6.45) is -0.681. The Kier molecular flexibility index (Phi) is 3.96. The Morgan fingerprint density at radius 3 is 2.83 bits per heavy atom. The van der Waals surface area contributed by atoms with E-state index in [0.717, 1.165) is 0 Å². The molecule has 5 heteroatoms. The van der Waals surface area contributed by atoms with E-state index >= 15 is 0 Å². The van der Waals surface area contributed by atoms with Crippen LogP contribution in [0.1, 0.15) is 25.0 Å². The van der Waals surface area contributed by atoms with Gasteiger partial charge in [0.15, 0.2) is 0 Å². The van der Waals surface area contributed by atoms with Crippen LogP contribution in [-0.4, -0.2) is 34.8 Å². The molecule has 1 fully saturated rings. The molecule has 18 heavy (non-hydrogen) atoms. The third-order valence-corrected chi connectivity index (χ3v) is 3.09. The number of benzene rings is 1. The summed E-state index contributed by atoms with van der Waals surface area (Å²) >= 11 is 0. The molecular weight excluding hydrogens is 232 g/mol. The predicted octanol–water partition coefficient (Wildman–Crippen LogP) is 0.401. The number of aliphatic hydroxyl groups excluding tert-OH is 2. The minimum Gasteiger partial charge on any atom is -0.392 e. The molecule has 4 N–H and O–H groups in total. The molecule has 1 aliphatic heterocycles. The number of hydrogen-bond acceptors (Lipinski definition) is 4. The Labute approximate surface area is 106 Å². The fraction of sp³-hybridized carbons (Fsp3) is 0.462. The molecule has 0 saturated carbocycles. The molecule has 0 aromatic heterocycles. The quantitative estimate of drug-likeness (QED) is 0.626. The lowest BCUT2D eigenvalue weighted by Crippen LogP contribution is -2.35. The van der Waals surface area contributed by atoms with Crippen LogP contribution in [0.15, 0.2) is 24.3 Å². The molecule has 1 aromatic rings. The van der Waals surface area contributed by atoms with E-state index in [1.165, 1.54) is 0 Å². The Balaban J connectivity index is 2.07. The van der Waals surface area contributed by atoms with Crippen LogP contribution in [0.4, 0.5) is 5.69 Å². The van der Waals surface area contributed by atoms with Crippen LogP contribution in [0.5, 0.6) is 0 Å². The summed E-state index contributed by atoms with van der Waals surface area (Å²) < 4.78 is 0. The Bertz CT molecular complexity index is 434. The van der Waals surface area contributed by atoms with Crippen molar-refractivity contribution in [1.82, 2.24) is 5.32 Å². The molecule has 3 atom stereocenters. The first-order valence-corrected chi connectivity index (χ1v) is 6.07. The molecular formula is C13H18N2O3. The fourth-order valence-electron chi connectivity index (χ4n) is 2.11. The Morgan fingerprint density at radius 2 is 2.22 bits per heavy atom. The summed E-state index contributed by atoms with van der Waals surface area (Å²) in [6.45, 7) is 2.10. The van der Waals surface area contributed by atoms with Gasteiger partial charge in [-0.05, 0) is 19.4 Å². The average molecular weight is 250 g/mol. The number of rotatable bonds is 3. The van der Waals surface area contributed by atoms with E-state index in [2.05, 4.69) is 10.6 Å². The number of amides is 1. The molecule has 2 rings (SSSR count). The van der Waals surface area contributed by atoms with E-state index in [0.29, 0.717) is 24.2 Å². The molecule has 0 aliphatic carbocycles. The third-order valence-electron chi connectivity index (χ3n) is 3.09. The number of nitrogens with one attached hydrogen (secondary N) is 2. The minimum atomic E-state index is -0.636. The molecule has 1 amide bonds. The van der Waals surface area contributed by atoms with Crippen LogP contribution >= 0.6 is 0 Å². The number of hydrogen-bond donors (Lipinski definition) is 4. The van der Waals surface area contributed by atoms with E-state index in [9.17, 15) is 15.0 Å². The van der Waals surface area contributed by atoms with Gasteiger partial charge in [0.25, 0.3) is 0 Å². The van der Waals surface area contributed by atoms with Gasteiger partial charge in [0.05, 0.1) is 18.2 Å². The summed E-state index contributed by atoms with van der Waals surface area (Å²) in [4.78, 5) is 12.0. The van der Waals surface area contributed by atoms with Gasteiger partial charge >= 0.3 is 0 Å². The topological polar surface area (TPSA) is 81.6 Å². The Morgan fingerprint density at radius 1 is 1.50 bits per heavy atom. The van der Waals surface area contributed by atoms with Crippen LogP contribution in [0.25, 0.3) is 0 Å². The molecule has 3 unspecified atom stereocenters. The number of carbonyl (C=O) groups excluding carboxylic acids is 1. The second-order valence-electron chi connectivity index (χ2n) is 4.60. The van der Waals surface area contributed by atoms with Crippen molar-refractivity contribution in [2.45, 2.75) is 31.6 Å². The molecule has 0 spiro atoms. The summed E-state index contributed by atoms with van der Waals surface area (Å²) in [5.41, 5.74) is 1.30. The maximum atomic E-state index is 12.0. The average Bonchev–Trinajstić information content (AvgIpc) is 2.76. The summed E-state index contributed by atoms with van der Waals surface area (Å²) in [7, 11) is 0. The van der Waals surface area contributed by atoms with Crippen LogP contribution < -0.4 is 10.6 Å². The normalized spacial score (nSPS) is 24.8. The first kappa shape index (κ1) is 13.0. The molecule has 1 aliphatic rings. The van der Waals surface area contributed by atoms with Gasteiger partial charge in [-0.2, -0.15) is 0 Å². The summed E-state index contributed by atoms with van der Waals surface area (Å²) in [5, 5.41) is 24.7. The van der Waals surface area contributed by atoms with Gasteiger partial charge < -0.3 is 20.8 Å². The van der Waals surface area contributed by atoms with E-state index < -0.39 is 12.2 Å². The molecule has 98 valence electrons. The van der Waals surface area contributed by atoms with Crippen LogP contribution in [0, 0.1) is 0 Å². The highest BCUT2D eigenvalue weighted by atomic mass is 16.3. The number of carbonyl (C=O) groups is 1. The lowest BCUT2D eigenvalue weighted by molar-refractivity contribution is -0.117. The maximum absolute atomic E-state index is 12.0. The van der Waals surface area contributed by atoms with Gasteiger partial charge in [0, 0.05) is 17.8 Å². The SMILES string of the molecule is CC(O)c1ccccc1NC(=O)C1CC(O)CN1. The molecule has 5 nitrogen and oxygen atoms in total. The highest BCUT2D eigenvalue weighted by molar-refractivity contribution is 5.95. The van der Waals surface area contributed by atoms with Crippen molar-refractivity contribution in [3.63, 3.8) is 0 Å². The third kappa shape index (κ3) is 2.87. The van der Waals surface area contributed by atoms with Crippen LogP contribution in [0.3, 0.4) is 0 Å². The largest absolute Gasteiger partial charge is 0.392 e. The van der Waals surface area contributed by atoms with Crippen molar-refractivity contribution in [2.24, 2.45) is 0 Å². The number of aliphatic hydroxyl groups is 2. The first-order valence-electron chi connectivity index (χ1n) is 6.07. The van der Waals surface area contributed by atoms with Crippen molar-refractivity contribution in [3.8, 4) is 0 Å². The number of para-hydroxylation sites is 1. The van der Waals surface area contributed by atoms with Crippen molar-refractivity contribution in [1.29, 1.82) is 0 Å². The molecule has 1 heterocycles. The lowest BCUT2D eigenvalue weighted by Gasteiger charge is -2.15. The first-order chi connectivity index (χ1) is 8.58. The van der Waals surface area contributed by atoms with Crippen molar-refractivity contribution in [2.75, 3.05) is 11.9 Å². The smallest absolute Gasteiger partial charge is 0.241 e. The van der Waals surface area contributed by atoms with Gasteiger partial charge in [-0.15, -0.1) is 0 Å². The second kappa shape index (κ2) is 5.48. The van der Waals surface area contributed by atoms with E-state index in [4.69, 9.17) is 0 Å². The number of β-amino-alcohol motifs (C(OH)–C–C–N with tert-alkyl or cyclic N) is 1. The maximum Gasteiger partial charge on any atom is 0.241 e. The zero-order chi connectivity index (χ0) is 13.1. The monoisotopic (exact) mass is 250 g/mol. The van der Waals surface area contributed by atoms with E-state index in [1.54, 1.807) is 25.1 Å².